The van der Waals surface area contributed by atoms with Gasteiger partial charge in [-0.1, -0.05) is 19.1 Å². The van der Waals surface area contributed by atoms with Gasteiger partial charge < -0.3 is 15.6 Å². The van der Waals surface area contributed by atoms with Crippen LogP contribution in [-0.4, -0.2) is 24.9 Å². The Labute approximate surface area is 109 Å². The first-order chi connectivity index (χ1) is 8.58. The molecule has 1 fully saturated rings. The lowest BCUT2D eigenvalue weighted by atomic mass is 9.89. The SMILES string of the molecule is COc1cc(C(CN)C(O)C2CC2C)ccc1C. The van der Waals surface area contributed by atoms with Crippen LogP contribution >= 0.6 is 0 Å². The van der Waals surface area contributed by atoms with Gasteiger partial charge in [-0.2, -0.15) is 0 Å². The number of rotatable bonds is 5. The molecule has 3 N–H and O–H groups in total. The van der Waals surface area contributed by atoms with E-state index in [0.29, 0.717) is 18.4 Å². The molecule has 1 saturated carbocycles. The number of benzene rings is 1. The predicted molar refractivity (Wildman–Crippen MR) is 72.8 cm³/mol. The summed E-state index contributed by atoms with van der Waals surface area (Å²) in [5.41, 5.74) is 8.02. The minimum absolute atomic E-state index is 0.00875. The standard InChI is InChI=1S/C15H23NO2/c1-9-4-5-11(7-14(9)18-3)13(8-16)15(17)12-6-10(12)2/h4-5,7,10,12-13,15,17H,6,8,16H2,1-3H3. The highest BCUT2D eigenvalue weighted by Gasteiger charge is 2.42. The van der Waals surface area contributed by atoms with Gasteiger partial charge in [-0.25, -0.2) is 0 Å². The Morgan fingerprint density at radius 3 is 2.67 bits per heavy atom. The van der Waals surface area contributed by atoms with Gasteiger partial charge in [0.1, 0.15) is 5.75 Å². The van der Waals surface area contributed by atoms with Crippen molar-refractivity contribution in [2.45, 2.75) is 32.3 Å². The molecule has 18 heavy (non-hydrogen) atoms. The molecular weight excluding hydrogens is 226 g/mol. The van der Waals surface area contributed by atoms with Crippen LogP contribution in [0.2, 0.25) is 0 Å². The molecule has 0 aromatic heterocycles. The number of aliphatic hydroxyl groups excluding tert-OH is 1. The molecule has 0 radical (unpaired) electrons. The highest BCUT2D eigenvalue weighted by atomic mass is 16.5. The van der Waals surface area contributed by atoms with Gasteiger partial charge in [-0.3, -0.25) is 0 Å². The number of aryl methyl sites for hydroxylation is 1. The van der Waals surface area contributed by atoms with Crippen LogP contribution in [0.1, 0.15) is 30.4 Å². The largest absolute Gasteiger partial charge is 0.496 e. The van der Waals surface area contributed by atoms with E-state index in [1.54, 1.807) is 7.11 Å². The van der Waals surface area contributed by atoms with Crippen LogP contribution in [-0.2, 0) is 0 Å². The molecular formula is C15H23NO2. The lowest BCUT2D eigenvalue weighted by Crippen LogP contribution is -2.28. The molecule has 1 aliphatic rings. The fraction of sp³-hybridized carbons (Fsp3) is 0.600. The summed E-state index contributed by atoms with van der Waals surface area (Å²) in [6.07, 6.45) is 0.776. The molecule has 0 amide bonds. The Morgan fingerprint density at radius 1 is 1.50 bits per heavy atom. The normalized spacial score (nSPS) is 25.6. The summed E-state index contributed by atoms with van der Waals surface area (Å²) in [5, 5.41) is 10.4. The maximum atomic E-state index is 10.4. The topological polar surface area (TPSA) is 55.5 Å². The van der Waals surface area contributed by atoms with Crippen LogP contribution in [0, 0.1) is 18.8 Å². The van der Waals surface area contributed by atoms with Gasteiger partial charge in [-0.05, 0) is 42.4 Å². The van der Waals surface area contributed by atoms with Crippen LogP contribution in [0.3, 0.4) is 0 Å². The zero-order chi connectivity index (χ0) is 13.3. The average Bonchev–Trinajstić information content (AvgIpc) is 3.09. The minimum Gasteiger partial charge on any atom is -0.496 e. The summed E-state index contributed by atoms with van der Waals surface area (Å²) in [7, 11) is 1.67. The lowest BCUT2D eigenvalue weighted by Gasteiger charge is -2.23. The molecule has 3 nitrogen and oxygen atoms in total. The van der Waals surface area contributed by atoms with Gasteiger partial charge in [0.25, 0.3) is 0 Å². The van der Waals surface area contributed by atoms with E-state index >= 15 is 0 Å². The van der Waals surface area contributed by atoms with Crippen LogP contribution in [0.5, 0.6) is 5.75 Å². The molecule has 1 aliphatic carbocycles. The fourth-order valence-electron chi connectivity index (χ4n) is 2.67. The van der Waals surface area contributed by atoms with Crippen molar-refractivity contribution >= 4 is 0 Å². The van der Waals surface area contributed by atoms with E-state index in [4.69, 9.17) is 10.5 Å². The van der Waals surface area contributed by atoms with Gasteiger partial charge in [0.2, 0.25) is 0 Å². The van der Waals surface area contributed by atoms with E-state index in [-0.39, 0.29) is 12.0 Å². The van der Waals surface area contributed by atoms with Gasteiger partial charge in [0.05, 0.1) is 13.2 Å². The Kier molecular flexibility index (Phi) is 3.93. The number of aliphatic hydroxyl groups is 1. The van der Waals surface area contributed by atoms with E-state index in [2.05, 4.69) is 6.92 Å². The van der Waals surface area contributed by atoms with Crippen molar-refractivity contribution in [1.29, 1.82) is 0 Å². The summed E-state index contributed by atoms with van der Waals surface area (Å²) in [6.45, 7) is 4.66. The molecule has 100 valence electrons. The van der Waals surface area contributed by atoms with E-state index in [0.717, 1.165) is 23.3 Å². The van der Waals surface area contributed by atoms with Crippen molar-refractivity contribution in [1.82, 2.24) is 0 Å². The molecule has 3 heteroatoms. The van der Waals surface area contributed by atoms with Gasteiger partial charge >= 0.3 is 0 Å². The first-order valence-corrected chi connectivity index (χ1v) is 6.61. The third-order valence-corrected chi connectivity index (χ3v) is 4.14. The summed E-state index contributed by atoms with van der Waals surface area (Å²) in [4.78, 5) is 0. The minimum atomic E-state index is -0.336. The number of methoxy groups -OCH3 is 1. The monoisotopic (exact) mass is 249 g/mol. The molecule has 0 heterocycles. The third-order valence-electron chi connectivity index (χ3n) is 4.14. The van der Waals surface area contributed by atoms with Crippen LogP contribution in [0.4, 0.5) is 0 Å². The Balaban J connectivity index is 2.21. The average molecular weight is 249 g/mol. The molecule has 0 spiro atoms. The molecule has 0 saturated heterocycles. The van der Waals surface area contributed by atoms with Gasteiger partial charge in [0, 0.05) is 12.5 Å². The Bertz CT molecular complexity index is 419. The lowest BCUT2D eigenvalue weighted by molar-refractivity contribution is 0.118. The zero-order valence-electron chi connectivity index (χ0n) is 11.4. The van der Waals surface area contributed by atoms with Crippen LogP contribution in [0.15, 0.2) is 18.2 Å². The van der Waals surface area contributed by atoms with Crippen molar-refractivity contribution in [3.63, 3.8) is 0 Å². The van der Waals surface area contributed by atoms with Crippen molar-refractivity contribution < 1.29 is 9.84 Å². The molecule has 4 unspecified atom stereocenters. The number of hydrogen-bond donors (Lipinski definition) is 2. The van der Waals surface area contributed by atoms with E-state index in [1.807, 2.05) is 25.1 Å². The van der Waals surface area contributed by atoms with Crippen molar-refractivity contribution in [3.8, 4) is 5.75 Å². The van der Waals surface area contributed by atoms with E-state index in [1.165, 1.54) is 0 Å². The molecule has 1 aromatic carbocycles. The van der Waals surface area contributed by atoms with Crippen LogP contribution in [0.25, 0.3) is 0 Å². The molecule has 0 aliphatic heterocycles. The number of ether oxygens (including phenoxy) is 1. The smallest absolute Gasteiger partial charge is 0.122 e. The third kappa shape index (κ3) is 2.52. The number of nitrogens with two attached hydrogens (primary N) is 1. The summed E-state index contributed by atoms with van der Waals surface area (Å²) >= 11 is 0. The molecule has 2 rings (SSSR count). The van der Waals surface area contributed by atoms with Gasteiger partial charge in [-0.15, -0.1) is 0 Å². The summed E-state index contributed by atoms with van der Waals surface area (Å²) in [5.74, 6) is 1.91. The highest BCUT2D eigenvalue weighted by molar-refractivity contribution is 5.38. The summed E-state index contributed by atoms with van der Waals surface area (Å²) in [6, 6.07) is 6.08. The van der Waals surface area contributed by atoms with Crippen molar-refractivity contribution in [2.24, 2.45) is 17.6 Å². The highest BCUT2D eigenvalue weighted by Crippen LogP contribution is 2.44. The molecule has 0 bridgehead atoms. The summed E-state index contributed by atoms with van der Waals surface area (Å²) < 4.78 is 5.33. The Morgan fingerprint density at radius 2 is 2.17 bits per heavy atom. The maximum absolute atomic E-state index is 10.4. The zero-order valence-corrected chi connectivity index (χ0v) is 11.4. The Hall–Kier alpha value is -1.06. The van der Waals surface area contributed by atoms with Crippen molar-refractivity contribution in [3.05, 3.63) is 29.3 Å². The predicted octanol–water partition coefficient (Wildman–Crippen LogP) is 2.06. The fourth-order valence-corrected chi connectivity index (χ4v) is 2.67. The van der Waals surface area contributed by atoms with Gasteiger partial charge in [0.15, 0.2) is 0 Å². The van der Waals surface area contributed by atoms with Crippen LogP contribution < -0.4 is 10.5 Å². The maximum Gasteiger partial charge on any atom is 0.122 e. The second kappa shape index (κ2) is 5.29. The van der Waals surface area contributed by atoms with E-state index < -0.39 is 0 Å². The second-order valence-corrected chi connectivity index (χ2v) is 5.44. The molecule has 4 atom stereocenters. The first kappa shape index (κ1) is 13.4. The first-order valence-electron chi connectivity index (χ1n) is 6.61. The quantitative estimate of drug-likeness (QED) is 0.840. The second-order valence-electron chi connectivity index (χ2n) is 5.44. The molecule has 1 aromatic rings. The van der Waals surface area contributed by atoms with Crippen molar-refractivity contribution in [2.75, 3.05) is 13.7 Å². The van der Waals surface area contributed by atoms with E-state index in [9.17, 15) is 5.11 Å². The number of hydrogen-bond acceptors (Lipinski definition) is 3.